The first-order valence-electron chi connectivity index (χ1n) is 8.54. The van der Waals surface area contributed by atoms with Crippen LogP contribution in [-0.4, -0.2) is 28.6 Å². The molecule has 0 aliphatic heterocycles. The van der Waals surface area contributed by atoms with E-state index in [0.29, 0.717) is 23.8 Å². The van der Waals surface area contributed by atoms with Crippen molar-refractivity contribution in [1.29, 1.82) is 0 Å². The van der Waals surface area contributed by atoms with Gasteiger partial charge in [-0.05, 0) is 49.1 Å². The lowest BCUT2D eigenvalue weighted by Crippen LogP contribution is -2.38. The molecule has 1 aromatic heterocycles. The van der Waals surface area contributed by atoms with Gasteiger partial charge in [0.15, 0.2) is 0 Å². The highest BCUT2D eigenvalue weighted by Gasteiger charge is 2.14. The first kappa shape index (κ1) is 18.9. The van der Waals surface area contributed by atoms with Gasteiger partial charge in [-0.25, -0.2) is 0 Å². The van der Waals surface area contributed by atoms with Gasteiger partial charge in [0.2, 0.25) is 0 Å². The van der Waals surface area contributed by atoms with E-state index in [9.17, 15) is 9.90 Å². The molecular formula is C20H26N2O3. The lowest BCUT2D eigenvalue weighted by Gasteiger charge is -2.18. The number of carbonyl (C=O) groups is 1. The predicted molar refractivity (Wildman–Crippen MR) is 97.5 cm³/mol. The molecule has 0 bridgehead atoms. The van der Waals surface area contributed by atoms with Crippen molar-refractivity contribution in [2.24, 2.45) is 5.92 Å². The van der Waals surface area contributed by atoms with Gasteiger partial charge in [-0.1, -0.05) is 26.0 Å². The Hall–Kier alpha value is -2.40. The van der Waals surface area contributed by atoms with Gasteiger partial charge in [0.25, 0.3) is 5.91 Å². The Morgan fingerprint density at radius 2 is 2.08 bits per heavy atom. The quantitative estimate of drug-likeness (QED) is 0.773. The summed E-state index contributed by atoms with van der Waals surface area (Å²) in [6.07, 6.45) is 2.43. The lowest BCUT2D eigenvalue weighted by atomic mass is 10.0. The molecule has 0 saturated carbocycles. The van der Waals surface area contributed by atoms with Crippen molar-refractivity contribution in [3.05, 3.63) is 59.4 Å². The Labute approximate surface area is 149 Å². The highest BCUT2D eigenvalue weighted by atomic mass is 16.5. The monoisotopic (exact) mass is 342 g/mol. The number of nitrogens with one attached hydrogen (secondary N) is 1. The van der Waals surface area contributed by atoms with Gasteiger partial charge in [-0.2, -0.15) is 0 Å². The van der Waals surface area contributed by atoms with Crippen molar-refractivity contribution in [1.82, 2.24) is 10.3 Å². The van der Waals surface area contributed by atoms with Crippen LogP contribution in [0.5, 0.6) is 5.75 Å². The van der Waals surface area contributed by atoms with Crippen LogP contribution in [0.1, 0.15) is 41.9 Å². The molecule has 1 atom stereocenters. The molecule has 0 spiro atoms. The standard InChI is InChI=1S/C20H26N2O3/c1-14(2)9-18(12-23)22-20(24)17-6-4-5-16(10-17)13-25-19-8-7-15(3)21-11-19/h4-8,10-11,14,18,23H,9,12-13H2,1-3H3,(H,22,24). The summed E-state index contributed by atoms with van der Waals surface area (Å²) in [6, 6.07) is 10.8. The molecule has 2 aromatic rings. The number of aryl methyl sites for hydroxylation is 1. The minimum Gasteiger partial charge on any atom is -0.487 e. The van der Waals surface area contributed by atoms with Gasteiger partial charge in [0.1, 0.15) is 12.4 Å². The SMILES string of the molecule is Cc1ccc(OCc2cccc(C(=O)NC(CO)CC(C)C)c2)cn1. The largest absolute Gasteiger partial charge is 0.487 e. The Bertz CT molecular complexity index is 684. The van der Waals surface area contributed by atoms with Gasteiger partial charge in [-0.15, -0.1) is 0 Å². The average molecular weight is 342 g/mol. The van der Waals surface area contributed by atoms with Crippen LogP contribution in [0.3, 0.4) is 0 Å². The van der Waals surface area contributed by atoms with Gasteiger partial charge in [0, 0.05) is 11.3 Å². The second-order valence-electron chi connectivity index (χ2n) is 6.61. The molecule has 0 aliphatic rings. The van der Waals surface area contributed by atoms with Crippen molar-refractivity contribution in [2.75, 3.05) is 6.61 Å². The smallest absolute Gasteiger partial charge is 0.251 e. The van der Waals surface area contributed by atoms with Gasteiger partial charge < -0.3 is 15.2 Å². The molecule has 0 radical (unpaired) electrons. The molecule has 0 aliphatic carbocycles. The van der Waals surface area contributed by atoms with E-state index in [-0.39, 0.29) is 18.6 Å². The van der Waals surface area contributed by atoms with Crippen molar-refractivity contribution < 1.29 is 14.6 Å². The summed E-state index contributed by atoms with van der Waals surface area (Å²) >= 11 is 0. The molecule has 1 amide bonds. The number of hydrogen-bond acceptors (Lipinski definition) is 4. The van der Waals surface area contributed by atoms with E-state index in [1.165, 1.54) is 0 Å². The summed E-state index contributed by atoms with van der Waals surface area (Å²) in [7, 11) is 0. The number of rotatable bonds is 8. The van der Waals surface area contributed by atoms with E-state index < -0.39 is 0 Å². The Morgan fingerprint density at radius 3 is 2.72 bits per heavy atom. The molecule has 134 valence electrons. The minimum absolute atomic E-state index is 0.0624. The number of ether oxygens (including phenoxy) is 1. The number of nitrogens with zero attached hydrogens (tertiary/aromatic N) is 1. The fourth-order valence-corrected chi connectivity index (χ4v) is 2.53. The number of pyridine rings is 1. The fraction of sp³-hybridized carbons (Fsp3) is 0.400. The average Bonchev–Trinajstić information content (AvgIpc) is 2.60. The van der Waals surface area contributed by atoms with Crippen molar-refractivity contribution in [2.45, 2.75) is 39.8 Å². The second-order valence-corrected chi connectivity index (χ2v) is 6.61. The zero-order valence-electron chi connectivity index (χ0n) is 15.0. The molecule has 25 heavy (non-hydrogen) atoms. The van der Waals surface area contributed by atoms with Crippen LogP contribution in [0.2, 0.25) is 0 Å². The maximum Gasteiger partial charge on any atom is 0.251 e. The minimum atomic E-state index is -0.231. The zero-order chi connectivity index (χ0) is 18.2. The van der Waals surface area contributed by atoms with Crippen molar-refractivity contribution in [3.8, 4) is 5.75 Å². The first-order chi connectivity index (χ1) is 12.0. The number of amides is 1. The first-order valence-corrected chi connectivity index (χ1v) is 8.54. The third-order valence-corrected chi connectivity index (χ3v) is 3.79. The van der Waals surface area contributed by atoms with Crippen LogP contribution in [0.25, 0.3) is 0 Å². The van der Waals surface area contributed by atoms with Crippen molar-refractivity contribution in [3.63, 3.8) is 0 Å². The Kier molecular flexibility index (Phi) is 6.95. The normalized spacial score (nSPS) is 12.0. The Balaban J connectivity index is 1.97. The number of aliphatic hydroxyl groups excluding tert-OH is 1. The maximum atomic E-state index is 12.4. The van der Waals surface area contributed by atoms with E-state index in [1.807, 2.05) is 31.2 Å². The fourth-order valence-electron chi connectivity index (χ4n) is 2.53. The van der Waals surface area contributed by atoms with Crippen LogP contribution >= 0.6 is 0 Å². The summed E-state index contributed by atoms with van der Waals surface area (Å²) in [5.41, 5.74) is 2.40. The summed E-state index contributed by atoms with van der Waals surface area (Å²) in [5, 5.41) is 12.3. The molecule has 0 saturated heterocycles. The number of benzene rings is 1. The van der Waals surface area contributed by atoms with Gasteiger partial charge in [-0.3, -0.25) is 9.78 Å². The van der Waals surface area contributed by atoms with Crippen LogP contribution in [0.15, 0.2) is 42.6 Å². The molecule has 1 aromatic carbocycles. The highest BCUT2D eigenvalue weighted by Crippen LogP contribution is 2.13. The molecule has 2 rings (SSSR count). The summed E-state index contributed by atoms with van der Waals surface area (Å²) in [5.74, 6) is 0.914. The number of carbonyl (C=O) groups excluding carboxylic acids is 1. The van der Waals surface area contributed by atoms with E-state index in [1.54, 1.807) is 18.3 Å². The van der Waals surface area contributed by atoms with Crippen molar-refractivity contribution >= 4 is 5.91 Å². The number of aromatic nitrogens is 1. The molecule has 5 nitrogen and oxygen atoms in total. The topological polar surface area (TPSA) is 71.5 Å². The second kappa shape index (κ2) is 9.18. The number of hydrogen-bond donors (Lipinski definition) is 2. The van der Waals surface area contributed by atoms with Gasteiger partial charge in [0.05, 0.1) is 18.8 Å². The molecule has 5 heteroatoms. The van der Waals surface area contributed by atoms with Crippen LogP contribution in [0, 0.1) is 12.8 Å². The molecular weight excluding hydrogens is 316 g/mol. The molecule has 1 unspecified atom stereocenters. The lowest BCUT2D eigenvalue weighted by molar-refractivity contribution is 0.0908. The van der Waals surface area contributed by atoms with Crippen LogP contribution in [-0.2, 0) is 6.61 Å². The maximum absolute atomic E-state index is 12.4. The molecule has 0 fully saturated rings. The predicted octanol–water partition coefficient (Wildman–Crippen LogP) is 3.11. The Morgan fingerprint density at radius 1 is 1.28 bits per heavy atom. The third kappa shape index (κ3) is 6.19. The highest BCUT2D eigenvalue weighted by molar-refractivity contribution is 5.94. The molecule has 1 heterocycles. The summed E-state index contributed by atoms with van der Waals surface area (Å²) < 4.78 is 5.70. The van der Waals surface area contributed by atoms with Crippen LogP contribution in [0.4, 0.5) is 0 Å². The third-order valence-electron chi connectivity index (χ3n) is 3.79. The van der Waals surface area contributed by atoms with Crippen LogP contribution < -0.4 is 10.1 Å². The number of aliphatic hydroxyl groups is 1. The van der Waals surface area contributed by atoms with E-state index in [2.05, 4.69) is 24.1 Å². The van der Waals surface area contributed by atoms with E-state index >= 15 is 0 Å². The summed E-state index contributed by atoms with van der Waals surface area (Å²) in [6.45, 7) is 6.35. The molecule has 2 N–H and O–H groups in total. The van der Waals surface area contributed by atoms with E-state index in [0.717, 1.165) is 17.7 Å². The zero-order valence-corrected chi connectivity index (χ0v) is 15.0. The van der Waals surface area contributed by atoms with E-state index in [4.69, 9.17) is 4.74 Å². The van der Waals surface area contributed by atoms with Gasteiger partial charge >= 0.3 is 0 Å². The summed E-state index contributed by atoms with van der Waals surface area (Å²) in [4.78, 5) is 16.6.